The number of hydrogen-bond acceptors (Lipinski definition) is 6. The Labute approximate surface area is 220 Å². The maximum absolute atomic E-state index is 14.0. The number of alkyl carbamates (subject to hydrolysis) is 1. The van der Waals surface area contributed by atoms with Crippen LogP contribution in [0.3, 0.4) is 0 Å². The second-order valence-corrected chi connectivity index (χ2v) is 12.0. The Kier molecular flexibility index (Phi) is 9.31. The quantitative estimate of drug-likeness (QED) is 0.401. The summed E-state index contributed by atoms with van der Waals surface area (Å²) in [6.07, 6.45) is 3.42. The first kappa shape index (κ1) is 29.0. The van der Waals surface area contributed by atoms with Gasteiger partial charge in [-0.15, -0.1) is 0 Å². The number of nitrogens with one attached hydrogen (secondary N) is 4. The first-order valence-corrected chi connectivity index (χ1v) is 13.7. The number of carbonyl (C=O) groups excluding carboxylic acids is 4. The third-order valence-electron chi connectivity index (χ3n) is 7.70. The molecule has 0 aromatic heterocycles. The Balaban J connectivity index is 1.83. The van der Waals surface area contributed by atoms with E-state index in [1.165, 1.54) is 0 Å². The van der Waals surface area contributed by atoms with Gasteiger partial charge in [-0.25, -0.2) is 9.59 Å². The smallest absolute Gasteiger partial charge is 0.407 e. The zero-order valence-electron chi connectivity index (χ0n) is 23.4. The average molecular weight is 523 g/mol. The monoisotopic (exact) mass is 522 g/mol. The topological polar surface area (TPSA) is 132 Å². The van der Waals surface area contributed by atoms with Crippen LogP contribution in [0.1, 0.15) is 73.6 Å². The summed E-state index contributed by atoms with van der Waals surface area (Å²) in [7, 11) is 1.69. The summed E-state index contributed by atoms with van der Waals surface area (Å²) >= 11 is 0. The Morgan fingerprint density at radius 2 is 1.59 bits per heavy atom. The number of carbonyl (C=O) groups is 4. The highest BCUT2D eigenvalue weighted by atomic mass is 16.6. The number of urea groups is 1. The number of likely N-dealkylation sites (N-methyl/N-ethyl adjacent to an activating group) is 1. The molecule has 1 aliphatic carbocycles. The SMILES string of the molecule is CNC(C)C(=O)NC(C(=O)N1CCC2C1C(OC(=O)NC1CCCC1)CN2C(=O)NC(C)C)C(C)(C)C. The van der Waals surface area contributed by atoms with Gasteiger partial charge in [0.15, 0.2) is 0 Å². The molecule has 0 bridgehead atoms. The molecule has 0 spiro atoms. The van der Waals surface area contributed by atoms with E-state index in [0.29, 0.717) is 13.0 Å². The number of nitrogens with zero attached hydrogens (tertiary/aromatic N) is 2. The van der Waals surface area contributed by atoms with Crippen LogP contribution in [0, 0.1) is 5.41 Å². The van der Waals surface area contributed by atoms with E-state index in [1.54, 1.807) is 23.8 Å². The molecule has 0 radical (unpaired) electrons. The predicted octanol–water partition coefficient (Wildman–Crippen LogP) is 1.57. The molecule has 5 atom stereocenters. The largest absolute Gasteiger partial charge is 0.442 e. The van der Waals surface area contributed by atoms with Crippen molar-refractivity contribution in [2.45, 2.75) is 116 Å². The van der Waals surface area contributed by atoms with Crippen molar-refractivity contribution in [1.29, 1.82) is 0 Å². The molecular weight excluding hydrogens is 476 g/mol. The minimum absolute atomic E-state index is 0.0506. The molecule has 2 saturated heterocycles. The standard InChI is InChI=1S/C26H46N6O5/c1-15(2)28-24(35)32-14-19(37-25(36)29-17-10-8-9-11-17)20-18(32)12-13-31(20)23(34)21(26(4,5)6)30-22(33)16(3)27-7/h15-21,27H,8-14H2,1-7H3,(H,28,35)(H,29,36)(H,30,33). The second-order valence-electron chi connectivity index (χ2n) is 12.0. The van der Waals surface area contributed by atoms with E-state index in [0.717, 1.165) is 25.7 Å². The molecule has 0 aromatic rings. The van der Waals surface area contributed by atoms with Crippen LogP contribution in [0.2, 0.25) is 0 Å². The van der Waals surface area contributed by atoms with Crippen molar-refractivity contribution in [2.24, 2.45) is 5.41 Å². The molecule has 3 rings (SSSR count). The molecule has 11 nitrogen and oxygen atoms in total. The van der Waals surface area contributed by atoms with Crippen LogP contribution >= 0.6 is 0 Å². The Bertz CT molecular complexity index is 853. The van der Waals surface area contributed by atoms with Crippen molar-refractivity contribution in [3.05, 3.63) is 0 Å². The Hall–Kier alpha value is -2.56. The molecule has 3 aliphatic rings. The molecule has 11 heteroatoms. The van der Waals surface area contributed by atoms with Gasteiger partial charge in [-0.05, 0) is 52.5 Å². The highest BCUT2D eigenvalue weighted by molar-refractivity contribution is 5.91. The number of ether oxygens (including phenoxy) is 1. The van der Waals surface area contributed by atoms with Gasteiger partial charge in [0.1, 0.15) is 12.1 Å². The molecule has 5 amide bonds. The van der Waals surface area contributed by atoms with E-state index in [9.17, 15) is 19.2 Å². The highest BCUT2D eigenvalue weighted by Crippen LogP contribution is 2.36. The fourth-order valence-electron chi connectivity index (χ4n) is 5.57. The number of fused-ring (bicyclic) bond motifs is 1. The summed E-state index contributed by atoms with van der Waals surface area (Å²) in [5.41, 5.74) is -0.554. The van der Waals surface area contributed by atoms with Crippen molar-refractivity contribution in [3.63, 3.8) is 0 Å². The zero-order chi connectivity index (χ0) is 27.5. The number of likely N-dealkylation sites (tertiary alicyclic amines) is 2. The van der Waals surface area contributed by atoms with Crippen LogP contribution in [-0.2, 0) is 14.3 Å². The highest BCUT2D eigenvalue weighted by Gasteiger charge is 2.55. The lowest BCUT2D eigenvalue weighted by atomic mass is 9.85. The van der Waals surface area contributed by atoms with Crippen molar-refractivity contribution in [2.75, 3.05) is 20.1 Å². The van der Waals surface area contributed by atoms with Gasteiger partial charge in [-0.2, -0.15) is 0 Å². The summed E-state index contributed by atoms with van der Waals surface area (Å²) in [5, 5.41) is 11.7. The van der Waals surface area contributed by atoms with Crippen molar-refractivity contribution < 1.29 is 23.9 Å². The third-order valence-corrected chi connectivity index (χ3v) is 7.70. The van der Waals surface area contributed by atoms with E-state index in [4.69, 9.17) is 4.74 Å². The van der Waals surface area contributed by atoms with Crippen LogP contribution in [0.5, 0.6) is 0 Å². The van der Waals surface area contributed by atoms with Crippen LogP contribution in [0.15, 0.2) is 0 Å². The van der Waals surface area contributed by atoms with Crippen molar-refractivity contribution in [3.8, 4) is 0 Å². The van der Waals surface area contributed by atoms with Gasteiger partial charge in [0.05, 0.1) is 24.7 Å². The van der Waals surface area contributed by atoms with Crippen LogP contribution in [-0.4, -0.2) is 96.2 Å². The third kappa shape index (κ3) is 6.86. The average Bonchev–Trinajstić information content (AvgIpc) is 3.53. The molecule has 5 unspecified atom stereocenters. The van der Waals surface area contributed by atoms with E-state index in [1.807, 2.05) is 34.6 Å². The molecule has 2 aliphatic heterocycles. The first-order chi connectivity index (χ1) is 17.3. The number of hydrogen-bond donors (Lipinski definition) is 4. The van der Waals surface area contributed by atoms with Gasteiger partial charge in [0, 0.05) is 18.6 Å². The Morgan fingerprint density at radius 3 is 2.16 bits per heavy atom. The number of amides is 5. The van der Waals surface area contributed by atoms with Crippen LogP contribution in [0.25, 0.3) is 0 Å². The minimum Gasteiger partial charge on any atom is -0.442 e. The molecular formula is C26H46N6O5. The fraction of sp³-hybridized carbons (Fsp3) is 0.846. The molecule has 37 heavy (non-hydrogen) atoms. The predicted molar refractivity (Wildman–Crippen MR) is 140 cm³/mol. The first-order valence-electron chi connectivity index (χ1n) is 13.7. The van der Waals surface area contributed by atoms with Gasteiger partial charge in [0.25, 0.3) is 0 Å². The lowest BCUT2D eigenvalue weighted by Crippen LogP contribution is -2.59. The summed E-state index contributed by atoms with van der Waals surface area (Å²) in [6, 6.07) is -2.18. The van der Waals surface area contributed by atoms with Gasteiger partial charge in [-0.1, -0.05) is 33.6 Å². The van der Waals surface area contributed by atoms with Crippen LogP contribution in [0.4, 0.5) is 9.59 Å². The van der Waals surface area contributed by atoms with Gasteiger partial charge < -0.3 is 35.8 Å². The molecule has 1 saturated carbocycles. The van der Waals surface area contributed by atoms with E-state index >= 15 is 0 Å². The lowest BCUT2D eigenvalue weighted by molar-refractivity contribution is -0.141. The van der Waals surface area contributed by atoms with E-state index in [2.05, 4.69) is 21.3 Å². The van der Waals surface area contributed by atoms with Gasteiger partial charge in [0.2, 0.25) is 11.8 Å². The van der Waals surface area contributed by atoms with Gasteiger partial charge in [-0.3, -0.25) is 9.59 Å². The molecule has 210 valence electrons. The maximum Gasteiger partial charge on any atom is 0.407 e. The molecule has 2 heterocycles. The second kappa shape index (κ2) is 11.9. The zero-order valence-corrected chi connectivity index (χ0v) is 23.4. The minimum atomic E-state index is -0.777. The summed E-state index contributed by atoms with van der Waals surface area (Å²) in [4.78, 5) is 55.9. The maximum atomic E-state index is 14.0. The summed E-state index contributed by atoms with van der Waals surface area (Å²) in [6.45, 7) is 11.9. The van der Waals surface area contributed by atoms with Gasteiger partial charge >= 0.3 is 12.1 Å². The van der Waals surface area contributed by atoms with E-state index in [-0.39, 0.29) is 42.5 Å². The van der Waals surface area contributed by atoms with E-state index < -0.39 is 35.7 Å². The summed E-state index contributed by atoms with van der Waals surface area (Å²) in [5.74, 6) is -0.493. The molecule has 0 aromatic carbocycles. The summed E-state index contributed by atoms with van der Waals surface area (Å²) < 4.78 is 5.89. The Morgan fingerprint density at radius 1 is 0.946 bits per heavy atom. The number of rotatable bonds is 7. The fourth-order valence-corrected chi connectivity index (χ4v) is 5.57. The lowest BCUT2D eigenvalue weighted by Gasteiger charge is -2.37. The van der Waals surface area contributed by atoms with Crippen LogP contribution < -0.4 is 21.3 Å². The van der Waals surface area contributed by atoms with Crippen molar-refractivity contribution >= 4 is 23.9 Å². The molecule has 4 N–H and O–H groups in total. The molecule has 3 fully saturated rings. The normalized spacial score (nSPS) is 25.6. The van der Waals surface area contributed by atoms with Crippen molar-refractivity contribution in [1.82, 2.24) is 31.1 Å².